The summed E-state index contributed by atoms with van der Waals surface area (Å²) in [7, 11) is 0. The number of aliphatic carboxylic acids is 1. The monoisotopic (exact) mass is 345 g/mol. The average molecular weight is 347 g/mol. The van der Waals surface area contributed by atoms with Crippen molar-refractivity contribution in [2.45, 2.75) is 31.8 Å². The Bertz CT molecular complexity index is 531. The maximum atomic E-state index is 11.7. The first-order valence-electron chi connectivity index (χ1n) is 5.88. The van der Waals surface area contributed by atoms with E-state index in [9.17, 15) is 14.7 Å². The number of carboxylic acids is 1. The fourth-order valence-corrected chi connectivity index (χ4v) is 2.54. The molecular formula is C13H13BrClNO3. The number of rotatable bonds is 4. The quantitative estimate of drug-likeness (QED) is 0.910. The molecule has 1 fully saturated rings. The molecule has 1 atom stereocenters. The minimum Gasteiger partial charge on any atom is -0.479 e. The van der Waals surface area contributed by atoms with Crippen LogP contribution in [0.2, 0.25) is 5.02 Å². The van der Waals surface area contributed by atoms with Gasteiger partial charge in [-0.3, -0.25) is 4.79 Å². The second-order valence-corrected chi connectivity index (χ2v) is 5.83. The number of halogens is 2. The SMILES string of the molecule is CC(=O)N(C1CC1)C(C(=O)O)c1ccc(Br)c(Cl)c1. The second kappa shape index (κ2) is 5.51. The molecule has 0 spiro atoms. The Kier molecular flexibility index (Phi) is 4.16. The predicted octanol–water partition coefficient (Wildman–Crippen LogP) is 3.24. The van der Waals surface area contributed by atoms with Crippen molar-refractivity contribution in [2.24, 2.45) is 0 Å². The summed E-state index contributed by atoms with van der Waals surface area (Å²) in [5.41, 5.74) is 0.516. The molecule has 0 saturated heterocycles. The summed E-state index contributed by atoms with van der Waals surface area (Å²) >= 11 is 9.26. The molecule has 19 heavy (non-hydrogen) atoms. The molecule has 0 bridgehead atoms. The van der Waals surface area contributed by atoms with Gasteiger partial charge in [0.1, 0.15) is 0 Å². The van der Waals surface area contributed by atoms with E-state index < -0.39 is 12.0 Å². The molecule has 6 heteroatoms. The van der Waals surface area contributed by atoms with Crippen LogP contribution in [-0.4, -0.2) is 27.9 Å². The molecule has 1 saturated carbocycles. The van der Waals surface area contributed by atoms with Gasteiger partial charge in [0.25, 0.3) is 0 Å². The first-order chi connectivity index (χ1) is 8.91. The molecule has 1 unspecified atom stereocenters. The van der Waals surface area contributed by atoms with Gasteiger partial charge in [0.15, 0.2) is 6.04 Å². The zero-order valence-electron chi connectivity index (χ0n) is 10.3. The number of benzene rings is 1. The van der Waals surface area contributed by atoms with Crippen LogP contribution in [0.25, 0.3) is 0 Å². The highest BCUT2D eigenvalue weighted by Gasteiger charge is 2.40. The summed E-state index contributed by atoms with van der Waals surface area (Å²) in [6.07, 6.45) is 1.71. The topological polar surface area (TPSA) is 57.6 Å². The molecule has 102 valence electrons. The average Bonchev–Trinajstić information content (AvgIpc) is 3.12. The van der Waals surface area contributed by atoms with Gasteiger partial charge >= 0.3 is 5.97 Å². The number of carboxylic acid groups (broad SMARTS) is 1. The van der Waals surface area contributed by atoms with Gasteiger partial charge in [0.05, 0.1) is 5.02 Å². The first-order valence-corrected chi connectivity index (χ1v) is 7.05. The number of nitrogens with zero attached hydrogens (tertiary/aromatic N) is 1. The van der Waals surface area contributed by atoms with Crippen molar-refractivity contribution in [3.63, 3.8) is 0 Å². The van der Waals surface area contributed by atoms with Crippen molar-refractivity contribution in [3.8, 4) is 0 Å². The van der Waals surface area contributed by atoms with Crippen molar-refractivity contribution >= 4 is 39.4 Å². The van der Waals surface area contributed by atoms with Crippen LogP contribution in [0, 0.1) is 0 Å². The molecule has 1 aromatic rings. The number of amides is 1. The zero-order chi connectivity index (χ0) is 14.2. The fourth-order valence-electron chi connectivity index (χ4n) is 2.11. The van der Waals surface area contributed by atoms with Crippen LogP contribution in [0.3, 0.4) is 0 Å². The number of hydrogen-bond acceptors (Lipinski definition) is 2. The highest BCUT2D eigenvalue weighted by Crippen LogP contribution is 2.36. The molecule has 1 aliphatic carbocycles. The van der Waals surface area contributed by atoms with Crippen LogP contribution in [-0.2, 0) is 9.59 Å². The molecule has 4 nitrogen and oxygen atoms in total. The molecule has 1 N–H and O–H groups in total. The molecule has 1 amide bonds. The lowest BCUT2D eigenvalue weighted by Gasteiger charge is -2.28. The van der Waals surface area contributed by atoms with Crippen LogP contribution in [0.4, 0.5) is 0 Å². The molecule has 2 rings (SSSR count). The maximum Gasteiger partial charge on any atom is 0.331 e. The summed E-state index contributed by atoms with van der Waals surface area (Å²) in [6.45, 7) is 1.40. The molecule has 0 aromatic heterocycles. The van der Waals surface area contributed by atoms with Crippen LogP contribution >= 0.6 is 27.5 Å². The number of hydrogen-bond donors (Lipinski definition) is 1. The van der Waals surface area contributed by atoms with Crippen molar-refractivity contribution in [1.29, 1.82) is 0 Å². The van der Waals surface area contributed by atoms with Gasteiger partial charge in [-0.25, -0.2) is 4.79 Å². The van der Waals surface area contributed by atoms with E-state index in [1.165, 1.54) is 11.8 Å². The third kappa shape index (κ3) is 3.09. The Balaban J connectivity index is 2.41. The largest absolute Gasteiger partial charge is 0.479 e. The van der Waals surface area contributed by atoms with Crippen molar-refractivity contribution in [1.82, 2.24) is 4.90 Å². The van der Waals surface area contributed by atoms with Gasteiger partial charge in [-0.05, 0) is 46.5 Å². The highest BCUT2D eigenvalue weighted by molar-refractivity contribution is 9.10. The lowest BCUT2D eigenvalue weighted by Crippen LogP contribution is -2.39. The standard InChI is InChI=1S/C13H13BrClNO3/c1-7(17)16(9-3-4-9)12(13(18)19)8-2-5-10(14)11(15)6-8/h2,5-6,9,12H,3-4H2,1H3,(H,18,19). The van der Waals surface area contributed by atoms with Gasteiger partial charge in [0, 0.05) is 17.4 Å². The molecule has 1 aromatic carbocycles. The summed E-state index contributed by atoms with van der Waals surface area (Å²) < 4.78 is 0.697. The van der Waals surface area contributed by atoms with E-state index in [1.54, 1.807) is 18.2 Å². The zero-order valence-corrected chi connectivity index (χ0v) is 12.6. The summed E-state index contributed by atoms with van der Waals surface area (Å²) in [4.78, 5) is 24.7. The van der Waals surface area contributed by atoms with Crippen molar-refractivity contribution < 1.29 is 14.7 Å². The van der Waals surface area contributed by atoms with Crippen molar-refractivity contribution in [2.75, 3.05) is 0 Å². The van der Waals surface area contributed by atoms with E-state index in [0.717, 1.165) is 12.8 Å². The van der Waals surface area contributed by atoms with E-state index in [0.29, 0.717) is 15.1 Å². The summed E-state index contributed by atoms with van der Waals surface area (Å²) in [5.74, 6) is -1.27. The first kappa shape index (κ1) is 14.3. The number of carbonyl (C=O) groups excluding carboxylic acids is 1. The molecule has 0 aliphatic heterocycles. The molecule has 1 aliphatic rings. The molecular weight excluding hydrogens is 334 g/mol. The maximum absolute atomic E-state index is 11.7. The lowest BCUT2D eigenvalue weighted by molar-refractivity contribution is -0.150. The van der Waals surface area contributed by atoms with Crippen LogP contribution in [0.5, 0.6) is 0 Å². The summed E-state index contributed by atoms with van der Waals surface area (Å²) in [5, 5.41) is 9.87. The van der Waals surface area contributed by atoms with E-state index in [1.807, 2.05) is 0 Å². The molecule has 0 heterocycles. The Morgan fingerprint density at radius 1 is 1.47 bits per heavy atom. The Morgan fingerprint density at radius 2 is 2.11 bits per heavy atom. The van der Waals surface area contributed by atoms with Gasteiger partial charge in [-0.15, -0.1) is 0 Å². The van der Waals surface area contributed by atoms with E-state index in [-0.39, 0.29) is 11.9 Å². The van der Waals surface area contributed by atoms with Gasteiger partial charge < -0.3 is 10.0 Å². The normalized spacial score (nSPS) is 15.9. The Morgan fingerprint density at radius 3 is 2.53 bits per heavy atom. The van der Waals surface area contributed by atoms with E-state index in [4.69, 9.17) is 11.6 Å². The van der Waals surface area contributed by atoms with Crippen LogP contribution in [0.15, 0.2) is 22.7 Å². The Labute approximate surface area is 124 Å². The van der Waals surface area contributed by atoms with Gasteiger partial charge in [-0.2, -0.15) is 0 Å². The minimum atomic E-state index is -1.04. The van der Waals surface area contributed by atoms with Crippen LogP contribution in [0.1, 0.15) is 31.4 Å². The predicted molar refractivity (Wildman–Crippen MR) is 75.1 cm³/mol. The molecule has 0 radical (unpaired) electrons. The summed E-state index contributed by atoms with van der Waals surface area (Å²) in [6, 6.07) is 4.01. The lowest BCUT2D eigenvalue weighted by atomic mass is 10.0. The third-order valence-electron chi connectivity index (χ3n) is 3.08. The third-order valence-corrected chi connectivity index (χ3v) is 4.31. The van der Waals surface area contributed by atoms with Crippen molar-refractivity contribution in [3.05, 3.63) is 33.3 Å². The van der Waals surface area contributed by atoms with Gasteiger partial charge in [0.2, 0.25) is 5.91 Å². The number of carbonyl (C=O) groups is 2. The minimum absolute atomic E-state index is 0.0287. The smallest absolute Gasteiger partial charge is 0.331 e. The van der Waals surface area contributed by atoms with E-state index in [2.05, 4.69) is 15.9 Å². The second-order valence-electron chi connectivity index (χ2n) is 4.57. The highest BCUT2D eigenvalue weighted by atomic mass is 79.9. The van der Waals surface area contributed by atoms with Crippen LogP contribution < -0.4 is 0 Å². The van der Waals surface area contributed by atoms with Gasteiger partial charge in [-0.1, -0.05) is 17.7 Å². The fraction of sp³-hybridized carbons (Fsp3) is 0.385. The Hall–Kier alpha value is -1.07. The van der Waals surface area contributed by atoms with E-state index >= 15 is 0 Å².